The minimum atomic E-state index is -1.34. The summed E-state index contributed by atoms with van der Waals surface area (Å²) in [5, 5.41) is 17.6. The van der Waals surface area contributed by atoms with E-state index in [2.05, 4.69) is 47.5 Å². The second kappa shape index (κ2) is 27.0. The van der Waals surface area contributed by atoms with Gasteiger partial charge in [-0.3, -0.25) is 48.2 Å². The number of halogens is 2. The van der Waals surface area contributed by atoms with Crippen molar-refractivity contribution in [1.29, 1.82) is 0 Å². The Bertz CT molecular complexity index is 3130. The first-order valence-electron chi connectivity index (χ1n) is 27.8. The van der Waals surface area contributed by atoms with E-state index < -0.39 is 59.6 Å². The molecule has 0 saturated heterocycles. The second-order valence-electron chi connectivity index (χ2n) is 22.0. The van der Waals surface area contributed by atoms with Gasteiger partial charge < -0.3 is 44.5 Å². The van der Waals surface area contributed by atoms with E-state index in [4.69, 9.17) is 18.9 Å². The fourth-order valence-electron chi connectivity index (χ4n) is 10.8. The monoisotopic (exact) mass is 1250 g/mol. The van der Waals surface area contributed by atoms with Gasteiger partial charge in [-0.2, -0.15) is 0 Å². The van der Waals surface area contributed by atoms with E-state index in [1.54, 1.807) is 54.4 Å². The molecule has 436 valence electrons. The fourth-order valence-corrected chi connectivity index (χ4v) is 11.5. The number of ketones is 1. The number of nitrogens with one attached hydrogen (secondary N) is 2. The van der Waals surface area contributed by atoms with Crippen LogP contribution in [0.3, 0.4) is 0 Å². The number of fused-ring (bicyclic) bond motifs is 4. The molecule has 0 spiro atoms. The van der Waals surface area contributed by atoms with Crippen LogP contribution < -0.4 is 24.8 Å². The second-order valence-corrected chi connectivity index (χ2v) is 23.6. The van der Waals surface area contributed by atoms with Crippen LogP contribution in [-0.2, 0) is 40.1 Å². The highest BCUT2D eigenvalue weighted by Gasteiger charge is 2.47. The van der Waals surface area contributed by atoms with Crippen molar-refractivity contribution in [2.45, 2.75) is 143 Å². The van der Waals surface area contributed by atoms with Crippen LogP contribution in [0.15, 0.2) is 86.0 Å². The smallest absolute Gasteiger partial charge is 0.316 e. The molecule has 19 nitrogen and oxygen atoms in total. The lowest BCUT2D eigenvalue weighted by atomic mass is 9.86. The van der Waals surface area contributed by atoms with E-state index in [1.807, 2.05) is 59.2 Å². The van der Waals surface area contributed by atoms with Crippen molar-refractivity contribution in [3.63, 3.8) is 0 Å². The summed E-state index contributed by atoms with van der Waals surface area (Å²) >= 11 is 6.23. The van der Waals surface area contributed by atoms with E-state index in [1.165, 1.54) is 12.0 Å². The lowest BCUT2D eigenvalue weighted by molar-refractivity contribution is -0.150. The summed E-state index contributed by atoms with van der Waals surface area (Å²) < 4.78 is 24.4. The van der Waals surface area contributed by atoms with E-state index in [-0.39, 0.29) is 88.0 Å². The van der Waals surface area contributed by atoms with Gasteiger partial charge in [0, 0.05) is 61.2 Å². The highest BCUT2D eigenvalue weighted by molar-refractivity contribution is 9.14. The molecule has 5 aliphatic heterocycles. The van der Waals surface area contributed by atoms with Crippen LogP contribution in [0.5, 0.6) is 17.2 Å². The molecule has 3 aromatic rings. The number of esters is 1. The summed E-state index contributed by atoms with van der Waals surface area (Å²) in [5.74, 6) is -4.06. The molecule has 5 heterocycles. The van der Waals surface area contributed by atoms with Crippen molar-refractivity contribution in [1.82, 2.24) is 20.0 Å². The Morgan fingerprint density at radius 2 is 1.40 bits per heavy atom. The molecule has 5 aliphatic rings. The molecule has 6 atom stereocenters. The summed E-state index contributed by atoms with van der Waals surface area (Å²) in [7, 11) is 1.47. The third kappa shape index (κ3) is 13.9. The van der Waals surface area contributed by atoms with Gasteiger partial charge in [-0.05, 0) is 151 Å². The van der Waals surface area contributed by atoms with E-state index >= 15 is 0 Å². The standard InChI is InChI=1S/C61H70Br2N6O13/c1-33(2)54(66-50(71)14-10-8-11-19-67-59(76)52(62)53(63)60(67)77)46(70)25-37(6)56(73)65-39-17-15-38(16-18-39)32-82-61(78)51-41-26-49(48(79-7)27-42(41)57(74)69-31-35(4)23-45(69)55(51)72)81-21-13-9-12-20-80-47-28-44-43(24-36(47)5)58(75)68-30-34(3)22-40(68)29-64-44/h15-18,24,26-31,33,37,40,45,51,54-55,72H,8-14,19-23,25,32H2,1-7H3,(H,65,73)(H,66,71)/t37-,40+,45+,51?,54+,55+/m0/s1. The van der Waals surface area contributed by atoms with Crippen molar-refractivity contribution >= 4 is 96.6 Å². The quantitative estimate of drug-likeness (QED) is 0.0407. The zero-order chi connectivity index (χ0) is 59.1. The van der Waals surface area contributed by atoms with Gasteiger partial charge in [0.25, 0.3) is 23.6 Å². The number of rotatable bonds is 25. The zero-order valence-corrected chi connectivity index (χ0v) is 50.4. The first-order valence-corrected chi connectivity index (χ1v) is 29.4. The number of hydrogen-bond acceptors (Lipinski definition) is 14. The zero-order valence-electron chi connectivity index (χ0n) is 47.2. The van der Waals surface area contributed by atoms with Crippen LogP contribution in [0.25, 0.3) is 0 Å². The highest BCUT2D eigenvalue weighted by Crippen LogP contribution is 2.43. The summed E-state index contributed by atoms with van der Waals surface area (Å²) in [5.41, 5.74) is 5.41. The number of aliphatic hydroxyl groups is 1. The van der Waals surface area contributed by atoms with E-state index in [0.717, 1.165) is 34.5 Å². The first-order chi connectivity index (χ1) is 39.1. The van der Waals surface area contributed by atoms with Gasteiger partial charge in [-0.1, -0.05) is 50.5 Å². The summed E-state index contributed by atoms with van der Waals surface area (Å²) in [6.07, 6.45) is 8.89. The number of nitrogens with zero attached hydrogens (tertiary/aromatic N) is 4. The number of hydrogen-bond donors (Lipinski definition) is 3. The van der Waals surface area contributed by atoms with Gasteiger partial charge in [-0.15, -0.1) is 0 Å². The topological polar surface area (TPSA) is 240 Å². The molecule has 3 aromatic carbocycles. The van der Waals surface area contributed by atoms with E-state index in [9.17, 15) is 43.5 Å². The largest absolute Gasteiger partial charge is 0.493 e. The number of methoxy groups -OCH3 is 1. The number of anilines is 1. The molecule has 0 fully saturated rings. The molecule has 6 amide bonds. The highest BCUT2D eigenvalue weighted by atomic mass is 79.9. The number of imide groups is 1. The number of carbonyl (C=O) groups is 8. The number of unbranched alkanes of at least 4 members (excludes halogenated alkanes) is 4. The minimum absolute atomic E-state index is 0.0760. The maximum atomic E-state index is 14.3. The Morgan fingerprint density at radius 1 is 0.756 bits per heavy atom. The molecule has 0 aliphatic carbocycles. The van der Waals surface area contributed by atoms with Gasteiger partial charge >= 0.3 is 5.97 Å². The van der Waals surface area contributed by atoms with Crippen molar-refractivity contribution in [3.05, 3.63) is 109 Å². The predicted molar refractivity (Wildman–Crippen MR) is 313 cm³/mol. The van der Waals surface area contributed by atoms with Gasteiger partial charge in [0.15, 0.2) is 17.3 Å². The van der Waals surface area contributed by atoms with Crippen molar-refractivity contribution in [2.75, 3.05) is 32.2 Å². The van der Waals surface area contributed by atoms with Crippen molar-refractivity contribution in [3.8, 4) is 17.2 Å². The predicted octanol–water partition coefficient (Wildman–Crippen LogP) is 9.39. The molecule has 1 unspecified atom stereocenters. The lowest BCUT2D eigenvalue weighted by Gasteiger charge is -2.28. The number of aliphatic imine (C=N–C) groups is 1. The van der Waals surface area contributed by atoms with Gasteiger partial charge in [-0.25, -0.2) is 0 Å². The Kier molecular flexibility index (Phi) is 20.1. The third-order valence-electron chi connectivity index (χ3n) is 15.3. The van der Waals surface area contributed by atoms with Crippen molar-refractivity contribution in [2.24, 2.45) is 16.8 Å². The van der Waals surface area contributed by atoms with Gasteiger partial charge in [0.1, 0.15) is 27.2 Å². The van der Waals surface area contributed by atoms with Crippen LogP contribution in [0.2, 0.25) is 0 Å². The van der Waals surface area contributed by atoms with E-state index in [0.29, 0.717) is 79.1 Å². The maximum Gasteiger partial charge on any atom is 0.316 e. The normalized spacial score (nSPS) is 19.9. The van der Waals surface area contributed by atoms with Crippen LogP contribution in [0.1, 0.15) is 142 Å². The molecule has 0 saturated carbocycles. The Hall–Kier alpha value is -6.97. The minimum Gasteiger partial charge on any atom is -0.493 e. The number of aliphatic hydroxyl groups excluding tert-OH is 1. The van der Waals surface area contributed by atoms with Crippen LogP contribution in [0.4, 0.5) is 11.4 Å². The first kappa shape index (κ1) is 61.1. The molecule has 21 heteroatoms. The number of amides is 6. The Morgan fingerprint density at radius 3 is 2.09 bits per heavy atom. The number of carbonyl (C=O) groups excluding carboxylic acids is 8. The molecular weight excluding hydrogens is 1180 g/mol. The molecule has 0 bridgehead atoms. The number of aryl methyl sites for hydroxylation is 1. The molecule has 0 radical (unpaired) electrons. The molecular formula is C61H70Br2N6O13. The summed E-state index contributed by atoms with van der Waals surface area (Å²) in [6.45, 7) is 11.8. The Labute approximate surface area is 494 Å². The van der Waals surface area contributed by atoms with Crippen LogP contribution in [0, 0.1) is 18.8 Å². The summed E-state index contributed by atoms with van der Waals surface area (Å²) in [4.78, 5) is 115. The van der Waals surface area contributed by atoms with Gasteiger partial charge in [0.05, 0.1) is 55.8 Å². The molecule has 3 N–H and O–H groups in total. The molecule has 82 heavy (non-hydrogen) atoms. The lowest BCUT2D eigenvalue weighted by Crippen LogP contribution is -2.45. The van der Waals surface area contributed by atoms with Crippen molar-refractivity contribution < 1.29 is 62.4 Å². The third-order valence-corrected chi connectivity index (χ3v) is 17.3. The molecule has 0 aromatic heterocycles. The average molecular weight is 1260 g/mol. The number of Topliss-reactive ketones (excluding diaryl/α,β-unsaturated/α-hetero) is 1. The number of benzene rings is 3. The maximum absolute atomic E-state index is 14.3. The fraction of sp³-hybridized carbons (Fsp3) is 0.459. The summed E-state index contributed by atoms with van der Waals surface area (Å²) in [6, 6.07) is 11.8. The molecule has 8 rings (SSSR count). The average Bonchev–Trinajstić information content (AvgIpc) is 4.01. The van der Waals surface area contributed by atoms with Crippen LogP contribution in [-0.4, -0.2) is 124 Å². The SMILES string of the molecule is COc1cc2c(cc1OCCCCCOc1cc3c(cc1C)C(=O)N1C=C(C)C[C@@H]1C=N3)C(C(=O)OCc1ccc(NC(=O)[C@@H](C)CC(=O)[C@H](NC(=O)CCCCCN3C(=O)C(Br)=C(Br)C3=O)C(C)C)cc1)[C@H](O)[C@H]1CC(C)=CN1C2=O. The van der Waals surface area contributed by atoms with Gasteiger partial charge in [0.2, 0.25) is 11.8 Å². The number of ether oxygens (including phenoxy) is 4. The van der Waals surface area contributed by atoms with Crippen LogP contribution >= 0.6 is 31.9 Å². The Balaban J connectivity index is 0.819.